The van der Waals surface area contributed by atoms with E-state index in [1.165, 1.54) is 30.3 Å². The smallest absolute Gasteiger partial charge is 0.354 e. The van der Waals surface area contributed by atoms with E-state index in [2.05, 4.69) is 0 Å². The molecular formula is C27H20N2O5. The van der Waals surface area contributed by atoms with Crippen molar-refractivity contribution in [2.24, 2.45) is 0 Å². The Morgan fingerprint density at radius 2 is 1.56 bits per heavy atom. The molecule has 0 saturated carbocycles. The van der Waals surface area contributed by atoms with Crippen LogP contribution in [-0.4, -0.2) is 24.4 Å². The van der Waals surface area contributed by atoms with Crippen LogP contribution in [0.1, 0.15) is 39.6 Å². The van der Waals surface area contributed by atoms with Gasteiger partial charge in [0.05, 0.1) is 23.4 Å². The second kappa shape index (κ2) is 9.84. The summed E-state index contributed by atoms with van der Waals surface area (Å²) in [4.78, 5) is 38.9. The van der Waals surface area contributed by atoms with Gasteiger partial charge in [0.2, 0.25) is 0 Å². The first kappa shape index (κ1) is 22.5. The number of nitrogens with zero attached hydrogens (tertiary/aromatic N) is 2. The van der Waals surface area contributed by atoms with Crippen LogP contribution in [0, 0.1) is 11.3 Å². The number of imide groups is 1. The second-order valence-corrected chi connectivity index (χ2v) is 7.43. The maximum atomic E-state index is 12.6. The molecule has 3 aromatic carbocycles. The molecule has 4 rings (SSSR count). The van der Waals surface area contributed by atoms with Crippen molar-refractivity contribution in [3.05, 3.63) is 95.1 Å². The van der Waals surface area contributed by atoms with Gasteiger partial charge in [0, 0.05) is 5.56 Å². The number of ether oxygens (including phenoxy) is 2. The third-order valence-electron chi connectivity index (χ3n) is 5.12. The minimum Gasteiger partial charge on any atom is -0.493 e. The summed E-state index contributed by atoms with van der Waals surface area (Å²) in [6.07, 6.45) is 2.24. The van der Waals surface area contributed by atoms with E-state index in [1.807, 2.05) is 19.1 Å². The summed E-state index contributed by atoms with van der Waals surface area (Å²) in [5.74, 6) is -0.925. The summed E-state index contributed by atoms with van der Waals surface area (Å²) >= 11 is 0. The standard InChI is InChI=1S/C27H20N2O5/c1-2-15-33-24-10-6-3-7-18(24)16-19(17-28)27(32)34-21-13-11-20(12-14-21)29-25(30)22-8-4-5-9-23(22)26(29)31/h3-14,16H,2,15H2,1H3/b19-16+. The molecule has 0 aliphatic carbocycles. The normalized spacial score (nSPS) is 12.8. The fraction of sp³-hybridized carbons (Fsp3) is 0.111. The van der Waals surface area contributed by atoms with Gasteiger partial charge in [-0.3, -0.25) is 9.59 Å². The molecule has 0 spiro atoms. The Morgan fingerprint density at radius 1 is 0.941 bits per heavy atom. The predicted molar refractivity (Wildman–Crippen MR) is 125 cm³/mol. The number of hydrogen-bond acceptors (Lipinski definition) is 6. The average molecular weight is 452 g/mol. The molecule has 2 amide bonds. The molecule has 0 unspecified atom stereocenters. The van der Waals surface area contributed by atoms with Gasteiger partial charge in [0.25, 0.3) is 11.8 Å². The number of hydrogen-bond donors (Lipinski definition) is 0. The first-order chi connectivity index (χ1) is 16.5. The number of para-hydroxylation sites is 1. The average Bonchev–Trinajstić information content (AvgIpc) is 3.12. The summed E-state index contributed by atoms with van der Waals surface area (Å²) in [5.41, 5.74) is 1.43. The number of benzene rings is 3. The van der Waals surface area contributed by atoms with Crippen molar-refractivity contribution in [2.45, 2.75) is 13.3 Å². The molecule has 1 heterocycles. The number of esters is 1. The van der Waals surface area contributed by atoms with Crippen molar-refractivity contribution >= 4 is 29.5 Å². The van der Waals surface area contributed by atoms with Crippen LogP contribution in [0.25, 0.3) is 6.08 Å². The van der Waals surface area contributed by atoms with Gasteiger partial charge < -0.3 is 9.47 Å². The third kappa shape index (κ3) is 4.43. The quantitative estimate of drug-likeness (QED) is 0.168. The lowest BCUT2D eigenvalue weighted by Crippen LogP contribution is -2.29. The molecule has 1 aliphatic heterocycles. The van der Waals surface area contributed by atoms with E-state index in [1.54, 1.807) is 42.5 Å². The zero-order chi connectivity index (χ0) is 24.1. The first-order valence-electron chi connectivity index (χ1n) is 10.7. The first-order valence-corrected chi connectivity index (χ1v) is 10.7. The van der Waals surface area contributed by atoms with Gasteiger partial charge in [-0.2, -0.15) is 5.26 Å². The summed E-state index contributed by atoms with van der Waals surface area (Å²) < 4.78 is 11.0. The zero-order valence-corrected chi connectivity index (χ0v) is 18.4. The largest absolute Gasteiger partial charge is 0.493 e. The van der Waals surface area contributed by atoms with E-state index in [9.17, 15) is 19.6 Å². The lowest BCUT2D eigenvalue weighted by Gasteiger charge is -2.14. The summed E-state index contributed by atoms with van der Waals surface area (Å²) in [5, 5.41) is 9.49. The SMILES string of the molecule is CCCOc1ccccc1/C=C(\C#N)C(=O)Oc1ccc(N2C(=O)c3ccccc3C2=O)cc1. The maximum Gasteiger partial charge on any atom is 0.354 e. The van der Waals surface area contributed by atoms with Crippen molar-refractivity contribution in [3.63, 3.8) is 0 Å². The number of amides is 2. The highest BCUT2D eigenvalue weighted by Crippen LogP contribution is 2.29. The molecule has 0 aromatic heterocycles. The molecule has 0 saturated heterocycles. The Labute approximate surface area is 196 Å². The number of rotatable bonds is 7. The van der Waals surface area contributed by atoms with Gasteiger partial charge in [0.1, 0.15) is 23.1 Å². The van der Waals surface area contributed by atoms with Crippen molar-refractivity contribution < 1.29 is 23.9 Å². The van der Waals surface area contributed by atoms with Crippen LogP contribution in [0.15, 0.2) is 78.4 Å². The number of carbonyl (C=O) groups is 3. The predicted octanol–water partition coefficient (Wildman–Crippen LogP) is 4.79. The Morgan fingerprint density at radius 3 is 2.18 bits per heavy atom. The number of carbonyl (C=O) groups excluding carboxylic acids is 3. The minimum atomic E-state index is -0.832. The Balaban J connectivity index is 1.50. The van der Waals surface area contributed by atoms with Crippen molar-refractivity contribution in [1.29, 1.82) is 5.26 Å². The van der Waals surface area contributed by atoms with Gasteiger partial charge in [0.15, 0.2) is 0 Å². The maximum absolute atomic E-state index is 12.6. The lowest BCUT2D eigenvalue weighted by molar-refractivity contribution is -0.129. The van der Waals surface area contributed by atoms with Gasteiger partial charge in [-0.15, -0.1) is 0 Å². The van der Waals surface area contributed by atoms with Gasteiger partial charge >= 0.3 is 5.97 Å². The van der Waals surface area contributed by atoms with E-state index < -0.39 is 17.8 Å². The van der Waals surface area contributed by atoms with Crippen molar-refractivity contribution in [1.82, 2.24) is 0 Å². The van der Waals surface area contributed by atoms with E-state index >= 15 is 0 Å². The van der Waals surface area contributed by atoms with E-state index in [0.29, 0.717) is 34.7 Å². The van der Waals surface area contributed by atoms with Crippen LogP contribution in [0.2, 0.25) is 0 Å². The van der Waals surface area contributed by atoms with E-state index in [-0.39, 0.29) is 11.3 Å². The summed E-state index contributed by atoms with van der Waals surface area (Å²) in [6, 6.07) is 21.5. The van der Waals surface area contributed by atoms with Crippen LogP contribution in [0.4, 0.5) is 5.69 Å². The van der Waals surface area contributed by atoms with Crippen molar-refractivity contribution in [2.75, 3.05) is 11.5 Å². The highest BCUT2D eigenvalue weighted by molar-refractivity contribution is 6.34. The third-order valence-corrected chi connectivity index (χ3v) is 5.12. The number of nitriles is 1. The molecule has 0 radical (unpaired) electrons. The zero-order valence-electron chi connectivity index (χ0n) is 18.4. The Hall–Kier alpha value is -4.70. The van der Waals surface area contributed by atoms with Crippen LogP contribution in [-0.2, 0) is 4.79 Å². The van der Waals surface area contributed by atoms with E-state index in [0.717, 1.165) is 11.3 Å². The van der Waals surface area contributed by atoms with Crippen molar-refractivity contribution in [3.8, 4) is 17.6 Å². The molecule has 168 valence electrons. The molecule has 0 atom stereocenters. The molecule has 1 aliphatic rings. The summed E-state index contributed by atoms with van der Waals surface area (Å²) in [6.45, 7) is 2.49. The molecule has 0 bridgehead atoms. The fourth-order valence-electron chi connectivity index (χ4n) is 3.48. The topological polar surface area (TPSA) is 96.7 Å². The second-order valence-electron chi connectivity index (χ2n) is 7.43. The minimum absolute atomic E-state index is 0.169. The number of anilines is 1. The molecule has 0 N–H and O–H groups in total. The van der Waals surface area contributed by atoms with Crippen LogP contribution < -0.4 is 14.4 Å². The number of fused-ring (bicyclic) bond motifs is 1. The molecule has 0 fully saturated rings. The van der Waals surface area contributed by atoms with Crippen LogP contribution in [0.3, 0.4) is 0 Å². The van der Waals surface area contributed by atoms with Crippen LogP contribution in [0.5, 0.6) is 11.5 Å². The molecule has 7 heteroatoms. The van der Waals surface area contributed by atoms with Gasteiger partial charge in [-0.25, -0.2) is 9.69 Å². The Kier molecular flexibility index (Phi) is 6.51. The highest BCUT2D eigenvalue weighted by atomic mass is 16.5. The monoisotopic (exact) mass is 452 g/mol. The Bertz CT molecular complexity index is 1300. The van der Waals surface area contributed by atoms with Gasteiger partial charge in [-0.1, -0.05) is 37.3 Å². The fourth-order valence-corrected chi connectivity index (χ4v) is 3.48. The van der Waals surface area contributed by atoms with E-state index in [4.69, 9.17) is 9.47 Å². The van der Waals surface area contributed by atoms with Gasteiger partial charge in [-0.05, 0) is 55.0 Å². The highest BCUT2D eigenvalue weighted by Gasteiger charge is 2.36. The summed E-state index contributed by atoms with van der Waals surface area (Å²) in [7, 11) is 0. The lowest BCUT2D eigenvalue weighted by atomic mass is 10.1. The molecular weight excluding hydrogens is 432 g/mol. The molecule has 7 nitrogen and oxygen atoms in total. The molecule has 34 heavy (non-hydrogen) atoms. The molecule has 3 aromatic rings. The van der Waals surface area contributed by atoms with Crippen LogP contribution >= 0.6 is 0 Å².